The Kier molecular flexibility index (Phi) is 5.14. The fourth-order valence-corrected chi connectivity index (χ4v) is 4.58. The number of nitrogens with zero attached hydrogens (tertiary/aromatic N) is 1. The molecule has 1 aliphatic heterocycles. The van der Waals surface area contributed by atoms with Gasteiger partial charge >= 0.3 is 121 Å². The summed E-state index contributed by atoms with van der Waals surface area (Å²) in [6.45, 7) is 3.26. The zero-order chi connectivity index (χ0) is 13.8. The van der Waals surface area contributed by atoms with Gasteiger partial charge in [-0.25, -0.2) is 0 Å². The monoisotopic (exact) mass is 376 g/mol. The van der Waals surface area contributed by atoms with Crippen molar-refractivity contribution in [1.29, 1.82) is 0 Å². The van der Waals surface area contributed by atoms with E-state index in [0.717, 1.165) is 19.6 Å². The summed E-state index contributed by atoms with van der Waals surface area (Å²) in [5.74, 6) is 4.87. The Morgan fingerprint density at radius 1 is 1.42 bits per heavy atom. The third-order valence-electron chi connectivity index (χ3n) is 3.31. The van der Waals surface area contributed by atoms with Crippen molar-refractivity contribution < 1.29 is 4.79 Å². The second kappa shape index (κ2) is 6.65. The molecule has 0 radical (unpaired) electrons. The minimum absolute atomic E-state index is 0.250. The van der Waals surface area contributed by atoms with E-state index in [0.29, 0.717) is 11.6 Å². The molecule has 0 saturated carbocycles. The number of nitrogen functional groups attached to an aromatic ring is 1. The molecule has 6 heteroatoms. The molecule has 0 aliphatic carbocycles. The van der Waals surface area contributed by atoms with Crippen LogP contribution in [-0.2, 0) is 0 Å². The van der Waals surface area contributed by atoms with E-state index in [-0.39, 0.29) is 5.91 Å². The Labute approximate surface area is 121 Å². The topological polar surface area (TPSA) is 70.4 Å². The molecule has 1 unspecified atom stereocenters. The first-order valence-electron chi connectivity index (χ1n) is 6.21. The SMILES string of the molecule is CI(C)N1CCNC(c2ccc(C(=O)NN)cc2)C1. The molecule has 1 aliphatic rings. The second-order valence-electron chi connectivity index (χ2n) is 4.69. The fraction of sp³-hybridized carbons (Fsp3) is 0.462. The van der Waals surface area contributed by atoms with Gasteiger partial charge < -0.3 is 0 Å². The number of amides is 1. The van der Waals surface area contributed by atoms with Crippen molar-refractivity contribution in [2.45, 2.75) is 6.04 Å². The van der Waals surface area contributed by atoms with Gasteiger partial charge in [-0.3, -0.25) is 0 Å². The molecule has 2 rings (SSSR count). The summed E-state index contributed by atoms with van der Waals surface area (Å²) in [5.41, 5.74) is 3.97. The number of rotatable bonds is 3. The standard InChI is InChI=1S/C13H21IN4O/c1-14(2)18-8-7-16-12(9-18)10-3-5-11(6-4-10)13(19)17-15/h3-6,12,16H,7-9,15H2,1-2H3,(H,17,19). The Morgan fingerprint density at radius 3 is 2.68 bits per heavy atom. The number of carbonyl (C=O) groups is 1. The molecule has 0 aromatic heterocycles. The van der Waals surface area contributed by atoms with Gasteiger partial charge in [-0.05, 0) is 0 Å². The molecule has 1 fully saturated rings. The molecule has 0 bridgehead atoms. The average Bonchev–Trinajstić information content (AvgIpc) is 2.46. The van der Waals surface area contributed by atoms with Gasteiger partial charge in [0, 0.05) is 0 Å². The average molecular weight is 376 g/mol. The van der Waals surface area contributed by atoms with E-state index in [2.05, 4.69) is 23.7 Å². The maximum atomic E-state index is 11.4. The summed E-state index contributed by atoms with van der Waals surface area (Å²) in [4.78, 5) is 16.1. The van der Waals surface area contributed by atoms with Crippen LogP contribution >= 0.6 is 20.1 Å². The Balaban J connectivity index is 2.07. The molecular formula is C13H21IN4O. The number of piperazine rings is 1. The van der Waals surface area contributed by atoms with Crippen molar-refractivity contribution in [2.24, 2.45) is 5.84 Å². The van der Waals surface area contributed by atoms with Crippen LogP contribution in [-0.4, -0.2) is 38.5 Å². The minimum atomic E-state index is -0.898. The van der Waals surface area contributed by atoms with Gasteiger partial charge in [-0.2, -0.15) is 0 Å². The summed E-state index contributed by atoms with van der Waals surface area (Å²) in [7, 11) is 0. The van der Waals surface area contributed by atoms with Crippen LogP contribution in [0, 0.1) is 0 Å². The number of hydrogen-bond donors (Lipinski definition) is 3. The predicted octanol–water partition coefficient (Wildman–Crippen LogP) is 0.917. The number of benzene rings is 1. The van der Waals surface area contributed by atoms with Gasteiger partial charge in [0.15, 0.2) is 0 Å². The Morgan fingerprint density at radius 2 is 2.11 bits per heavy atom. The Bertz CT molecular complexity index is 435. The van der Waals surface area contributed by atoms with Crippen LogP contribution in [0.3, 0.4) is 0 Å². The van der Waals surface area contributed by atoms with Crippen molar-refractivity contribution in [3.63, 3.8) is 0 Å². The van der Waals surface area contributed by atoms with Crippen LogP contribution < -0.4 is 16.6 Å². The summed E-state index contributed by atoms with van der Waals surface area (Å²) < 4.78 is 2.62. The van der Waals surface area contributed by atoms with Gasteiger partial charge in [0.2, 0.25) is 0 Å². The second-order valence-corrected chi connectivity index (χ2v) is 10.1. The quantitative estimate of drug-likeness (QED) is 0.183. The number of hydrazine groups is 1. The van der Waals surface area contributed by atoms with Gasteiger partial charge in [-0.1, -0.05) is 0 Å². The van der Waals surface area contributed by atoms with Gasteiger partial charge in [0.25, 0.3) is 0 Å². The van der Waals surface area contributed by atoms with Crippen molar-refractivity contribution in [2.75, 3.05) is 29.5 Å². The van der Waals surface area contributed by atoms with Crippen molar-refractivity contribution in [3.05, 3.63) is 35.4 Å². The first-order valence-corrected chi connectivity index (χ1v) is 11.5. The predicted molar refractivity (Wildman–Crippen MR) is 86.3 cm³/mol. The van der Waals surface area contributed by atoms with E-state index in [1.807, 2.05) is 24.3 Å². The van der Waals surface area contributed by atoms with Crippen LogP contribution in [0.4, 0.5) is 0 Å². The molecule has 0 spiro atoms. The summed E-state index contributed by atoms with van der Waals surface area (Å²) in [5, 5.41) is 3.54. The van der Waals surface area contributed by atoms with Crippen molar-refractivity contribution >= 4 is 26.0 Å². The van der Waals surface area contributed by atoms with Crippen LogP contribution in [0.2, 0.25) is 0 Å². The number of halogens is 1. The van der Waals surface area contributed by atoms with E-state index in [1.54, 1.807) is 0 Å². The molecule has 4 N–H and O–H groups in total. The summed E-state index contributed by atoms with van der Waals surface area (Å²) >= 11 is -0.898. The number of hydrogen-bond acceptors (Lipinski definition) is 4. The molecule has 5 nitrogen and oxygen atoms in total. The van der Waals surface area contributed by atoms with E-state index in [4.69, 9.17) is 5.84 Å². The molecule has 1 aromatic carbocycles. The normalized spacial score (nSPS) is 21.0. The zero-order valence-electron chi connectivity index (χ0n) is 11.3. The molecule has 1 amide bonds. The van der Waals surface area contributed by atoms with Crippen LogP contribution in [0.1, 0.15) is 22.0 Å². The van der Waals surface area contributed by atoms with Crippen LogP contribution in [0.15, 0.2) is 24.3 Å². The molecule has 1 heterocycles. The van der Waals surface area contributed by atoms with Crippen molar-refractivity contribution in [3.8, 4) is 0 Å². The molecule has 1 saturated heterocycles. The third-order valence-corrected chi connectivity index (χ3v) is 6.92. The zero-order valence-corrected chi connectivity index (χ0v) is 13.5. The molecule has 19 heavy (non-hydrogen) atoms. The number of alkyl halides is 2. The Hall–Kier alpha value is -0.700. The van der Waals surface area contributed by atoms with E-state index in [9.17, 15) is 4.79 Å². The number of nitrogens with one attached hydrogen (secondary N) is 2. The first kappa shape index (κ1) is 14.7. The first-order chi connectivity index (χ1) is 9.11. The fourth-order valence-electron chi connectivity index (χ4n) is 2.19. The van der Waals surface area contributed by atoms with Gasteiger partial charge in [0.05, 0.1) is 0 Å². The number of nitrogens with two attached hydrogens (primary N) is 1. The third kappa shape index (κ3) is 3.65. The maximum absolute atomic E-state index is 11.4. The van der Waals surface area contributed by atoms with E-state index >= 15 is 0 Å². The van der Waals surface area contributed by atoms with Crippen molar-refractivity contribution in [1.82, 2.24) is 13.9 Å². The van der Waals surface area contributed by atoms with Gasteiger partial charge in [0.1, 0.15) is 0 Å². The van der Waals surface area contributed by atoms with Gasteiger partial charge in [-0.15, -0.1) is 0 Å². The summed E-state index contributed by atoms with van der Waals surface area (Å²) in [6, 6.07) is 8.03. The molecule has 106 valence electrons. The van der Waals surface area contributed by atoms with E-state index < -0.39 is 20.1 Å². The molecule has 1 aromatic rings. The van der Waals surface area contributed by atoms with Crippen LogP contribution in [0.5, 0.6) is 0 Å². The van der Waals surface area contributed by atoms with Crippen LogP contribution in [0.25, 0.3) is 0 Å². The summed E-state index contributed by atoms with van der Waals surface area (Å²) in [6.07, 6.45) is 0. The molecule has 1 atom stereocenters. The number of carbonyl (C=O) groups excluding carboxylic acids is 1. The van der Waals surface area contributed by atoms with E-state index in [1.165, 1.54) is 5.56 Å². The molecular weight excluding hydrogens is 355 g/mol.